The van der Waals surface area contributed by atoms with Crippen LogP contribution in [0.5, 0.6) is 0 Å². The minimum Gasteiger partial charge on any atom is -0.481 e. The summed E-state index contributed by atoms with van der Waals surface area (Å²) >= 11 is 0. The Morgan fingerprint density at radius 1 is 1.53 bits per heavy atom. The second-order valence-corrected chi connectivity index (χ2v) is 3.46. The third-order valence-electron chi connectivity index (χ3n) is 2.47. The average Bonchev–Trinajstić information content (AvgIpc) is 2.59. The van der Waals surface area contributed by atoms with Crippen LogP contribution in [0.25, 0.3) is 5.65 Å². The zero-order chi connectivity index (χ0) is 11.0. The molecule has 0 unspecified atom stereocenters. The number of rotatable bonds is 2. The number of aliphatic carboxylic acids is 1. The molecule has 1 atom stereocenters. The fourth-order valence-corrected chi connectivity index (χ4v) is 1.52. The van der Waals surface area contributed by atoms with E-state index in [-0.39, 0.29) is 0 Å². The normalized spacial score (nSPS) is 12.9. The SMILES string of the molecule is Cc1nnc2c([C@@H](C)C(=O)O)cccn12. The number of hydrogen-bond donors (Lipinski definition) is 1. The summed E-state index contributed by atoms with van der Waals surface area (Å²) in [5, 5.41) is 16.8. The Morgan fingerprint density at radius 3 is 2.93 bits per heavy atom. The molecule has 2 heterocycles. The summed E-state index contributed by atoms with van der Waals surface area (Å²) in [6, 6.07) is 3.57. The van der Waals surface area contributed by atoms with Crippen molar-refractivity contribution in [3.63, 3.8) is 0 Å². The molecule has 2 aromatic rings. The molecule has 0 saturated carbocycles. The topological polar surface area (TPSA) is 67.5 Å². The highest BCUT2D eigenvalue weighted by Crippen LogP contribution is 2.19. The van der Waals surface area contributed by atoms with Gasteiger partial charge in [0.25, 0.3) is 0 Å². The highest BCUT2D eigenvalue weighted by molar-refractivity contribution is 5.78. The van der Waals surface area contributed by atoms with Crippen molar-refractivity contribution in [3.05, 3.63) is 29.7 Å². The van der Waals surface area contributed by atoms with Gasteiger partial charge in [-0.25, -0.2) is 0 Å². The molecule has 0 spiro atoms. The maximum atomic E-state index is 10.9. The largest absolute Gasteiger partial charge is 0.481 e. The molecule has 0 saturated heterocycles. The number of carbonyl (C=O) groups is 1. The van der Waals surface area contributed by atoms with Gasteiger partial charge in [0.2, 0.25) is 0 Å². The quantitative estimate of drug-likeness (QED) is 0.800. The summed E-state index contributed by atoms with van der Waals surface area (Å²) in [7, 11) is 0. The zero-order valence-electron chi connectivity index (χ0n) is 8.51. The lowest BCUT2D eigenvalue weighted by Gasteiger charge is -2.07. The number of nitrogens with zero attached hydrogens (tertiary/aromatic N) is 3. The molecule has 0 bridgehead atoms. The molecule has 0 radical (unpaired) electrons. The molecule has 5 nitrogen and oxygen atoms in total. The number of carboxylic acids is 1. The third-order valence-corrected chi connectivity index (χ3v) is 2.47. The molecule has 15 heavy (non-hydrogen) atoms. The zero-order valence-corrected chi connectivity index (χ0v) is 8.51. The van der Waals surface area contributed by atoms with E-state index in [1.54, 1.807) is 23.5 Å². The van der Waals surface area contributed by atoms with Crippen LogP contribution in [0.3, 0.4) is 0 Å². The fourth-order valence-electron chi connectivity index (χ4n) is 1.52. The van der Waals surface area contributed by atoms with Crippen LogP contribution in [0.1, 0.15) is 24.2 Å². The van der Waals surface area contributed by atoms with Crippen LogP contribution in [-0.2, 0) is 4.79 Å². The Hall–Kier alpha value is -1.91. The number of carboxylic acid groups (broad SMARTS) is 1. The molecule has 1 N–H and O–H groups in total. The van der Waals surface area contributed by atoms with E-state index in [0.717, 1.165) is 5.82 Å². The average molecular weight is 205 g/mol. The van der Waals surface area contributed by atoms with Gasteiger partial charge in [0.15, 0.2) is 5.65 Å². The van der Waals surface area contributed by atoms with Gasteiger partial charge in [-0.15, -0.1) is 10.2 Å². The Morgan fingerprint density at radius 2 is 2.27 bits per heavy atom. The minimum absolute atomic E-state index is 0.572. The van der Waals surface area contributed by atoms with Crippen LogP contribution < -0.4 is 0 Å². The number of hydrogen-bond acceptors (Lipinski definition) is 3. The lowest BCUT2D eigenvalue weighted by atomic mass is 10.0. The first-order chi connectivity index (χ1) is 7.11. The second-order valence-electron chi connectivity index (χ2n) is 3.46. The molecule has 2 rings (SSSR count). The van der Waals surface area contributed by atoms with Crippen LogP contribution >= 0.6 is 0 Å². The first-order valence-corrected chi connectivity index (χ1v) is 4.64. The third kappa shape index (κ3) is 1.45. The molecule has 5 heteroatoms. The summed E-state index contributed by atoms with van der Waals surface area (Å²) in [6.45, 7) is 3.47. The van der Waals surface area contributed by atoms with E-state index in [2.05, 4.69) is 10.2 Å². The van der Waals surface area contributed by atoms with Crippen molar-refractivity contribution in [1.29, 1.82) is 0 Å². The summed E-state index contributed by atoms with van der Waals surface area (Å²) in [4.78, 5) is 10.9. The first-order valence-electron chi connectivity index (χ1n) is 4.64. The second kappa shape index (κ2) is 3.34. The summed E-state index contributed by atoms with van der Waals surface area (Å²) in [6.07, 6.45) is 1.82. The Bertz CT molecular complexity index is 518. The molecule has 0 aromatic carbocycles. The van der Waals surface area contributed by atoms with Crippen molar-refractivity contribution in [2.75, 3.05) is 0 Å². The predicted molar refractivity (Wildman–Crippen MR) is 53.8 cm³/mol. The van der Waals surface area contributed by atoms with Gasteiger partial charge in [-0.2, -0.15) is 0 Å². The maximum absolute atomic E-state index is 10.9. The van der Waals surface area contributed by atoms with Crippen molar-refractivity contribution in [2.45, 2.75) is 19.8 Å². The Labute approximate surface area is 86.4 Å². The number of aromatic nitrogens is 3. The predicted octanol–water partition coefficient (Wildman–Crippen LogP) is 1.23. The van der Waals surface area contributed by atoms with Crippen molar-refractivity contribution >= 4 is 11.6 Å². The summed E-state index contributed by atoms with van der Waals surface area (Å²) in [5.41, 5.74) is 1.30. The first kappa shape index (κ1) is 9.64. The van der Waals surface area contributed by atoms with Crippen molar-refractivity contribution in [3.8, 4) is 0 Å². The monoisotopic (exact) mass is 205 g/mol. The van der Waals surface area contributed by atoms with Gasteiger partial charge < -0.3 is 5.11 Å². The lowest BCUT2D eigenvalue weighted by molar-refractivity contribution is -0.138. The van der Waals surface area contributed by atoms with Gasteiger partial charge in [-0.1, -0.05) is 6.07 Å². The molecular formula is C10H11N3O2. The van der Waals surface area contributed by atoms with Crippen LogP contribution in [0, 0.1) is 6.92 Å². The Balaban J connectivity index is 2.66. The van der Waals surface area contributed by atoms with E-state index in [1.165, 1.54) is 0 Å². The van der Waals surface area contributed by atoms with E-state index < -0.39 is 11.9 Å². The van der Waals surface area contributed by atoms with Crippen LogP contribution in [0.4, 0.5) is 0 Å². The van der Waals surface area contributed by atoms with Crippen LogP contribution in [-0.4, -0.2) is 25.7 Å². The minimum atomic E-state index is -0.858. The highest BCUT2D eigenvalue weighted by atomic mass is 16.4. The van der Waals surface area contributed by atoms with Gasteiger partial charge in [0.05, 0.1) is 5.92 Å². The highest BCUT2D eigenvalue weighted by Gasteiger charge is 2.18. The molecule has 0 aliphatic rings. The molecule has 0 amide bonds. The lowest BCUT2D eigenvalue weighted by Crippen LogP contribution is -2.09. The number of fused-ring (bicyclic) bond motifs is 1. The standard InChI is InChI=1S/C10H11N3O2/c1-6(10(14)15)8-4-3-5-13-7(2)11-12-9(8)13/h3-6H,1-2H3,(H,14,15)/t6-/m1/s1. The molecule has 2 aromatic heterocycles. The van der Waals surface area contributed by atoms with Gasteiger partial charge in [0.1, 0.15) is 5.82 Å². The molecule has 78 valence electrons. The summed E-state index contributed by atoms with van der Waals surface area (Å²) < 4.78 is 1.79. The summed E-state index contributed by atoms with van der Waals surface area (Å²) in [5.74, 6) is -0.675. The molecular weight excluding hydrogens is 194 g/mol. The Kier molecular flexibility index (Phi) is 2.15. The van der Waals surface area contributed by atoms with E-state index >= 15 is 0 Å². The van der Waals surface area contributed by atoms with E-state index in [0.29, 0.717) is 11.2 Å². The number of aryl methyl sites for hydroxylation is 1. The van der Waals surface area contributed by atoms with Crippen molar-refractivity contribution in [1.82, 2.24) is 14.6 Å². The maximum Gasteiger partial charge on any atom is 0.310 e. The van der Waals surface area contributed by atoms with E-state index in [1.807, 2.05) is 13.1 Å². The molecule has 0 aliphatic carbocycles. The molecule has 0 aliphatic heterocycles. The number of pyridine rings is 1. The van der Waals surface area contributed by atoms with Crippen molar-refractivity contribution in [2.24, 2.45) is 0 Å². The fraction of sp³-hybridized carbons (Fsp3) is 0.300. The van der Waals surface area contributed by atoms with Gasteiger partial charge >= 0.3 is 5.97 Å². The van der Waals surface area contributed by atoms with Gasteiger partial charge in [0, 0.05) is 11.8 Å². The van der Waals surface area contributed by atoms with E-state index in [4.69, 9.17) is 5.11 Å². The van der Waals surface area contributed by atoms with Crippen molar-refractivity contribution < 1.29 is 9.90 Å². The van der Waals surface area contributed by atoms with Crippen LogP contribution in [0.2, 0.25) is 0 Å². The van der Waals surface area contributed by atoms with Gasteiger partial charge in [-0.05, 0) is 19.9 Å². The van der Waals surface area contributed by atoms with E-state index in [9.17, 15) is 4.79 Å². The smallest absolute Gasteiger partial charge is 0.310 e. The molecule has 0 fully saturated rings. The van der Waals surface area contributed by atoms with Crippen LogP contribution in [0.15, 0.2) is 18.3 Å². The van der Waals surface area contributed by atoms with Gasteiger partial charge in [-0.3, -0.25) is 9.20 Å².